The maximum atomic E-state index is 12.9. The van der Waals surface area contributed by atoms with Crippen molar-refractivity contribution < 1.29 is 74.4 Å². The molecule has 12 heteroatoms. The summed E-state index contributed by atoms with van der Waals surface area (Å²) in [7, 11) is 0. The van der Waals surface area contributed by atoms with E-state index in [2.05, 4.69) is 0 Å². The van der Waals surface area contributed by atoms with Crippen molar-refractivity contribution in [2.75, 3.05) is 23.7 Å². The zero-order valence-corrected chi connectivity index (χ0v) is 15.8. The van der Waals surface area contributed by atoms with E-state index in [0.717, 1.165) is 0 Å². The second-order valence-corrected chi connectivity index (χ2v) is 4.24. The SMILES string of the molecule is CCN(CC)c1c([N+](=O)[O-])cc(C(F)(F)F)c(N)c1[N+](=O)[O-].[K+]. The largest absolute Gasteiger partial charge is 1.00 e. The third-order valence-electron chi connectivity index (χ3n) is 3.06. The third kappa shape index (κ3) is 4.53. The Bertz CT molecular complexity index is 620. The van der Waals surface area contributed by atoms with Crippen LogP contribution < -0.4 is 62.0 Å². The Morgan fingerprint density at radius 1 is 1.17 bits per heavy atom. The minimum absolute atomic E-state index is 0. The normalized spacial score (nSPS) is 10.8. The van der Waals surface area contributed by atoms with Gasteiger partial charge < -0.3 is 10.6 Å². The van der Waals surface area contributed by atoms with Crippen LogP contribution in [0.4, 0.5) is 35.9 Å². The summed E-state index contributed by atoms with van der Waals surface area (Å²) in [5.41, 5.74) is -0.0851. The topological polar surface area (TPSA) is 116 Å². The summed E-state index contributed by atoms with van der Waals surface area (Å²) in [5.74, 6) is 0. The van der Waals surface area contributed by atoms with Crippen LogP contribution in [0.15, 0.2) is 6.07 Å². The van der Waals surface area contributed by atoms with Crippen molar-refractivity contribution in [3.05, 3.63) is 31.9 Å². The summed E-state index contributed by atoms with van der Waals surface area (Å²) in [6.45, 7) is 3.38. The Labute approximate surface area is 171 Å². The van der Waals surface area contributed by atoms with Crippen LogP contribution >= 0.6 is 0 Å². The fourth-order valence-corrected chi connectivity index (χ4v) is 2.07. The molecule has 0 saturated heterocycles. The number of rotatable bonds is 5. The number of nitrogen functional groups attached to an aromatic ring is 1. The van der Waals surface area contributed by atoms with Gasteiger partial charge in [0.15, 0.2) is 5.69 Å². The first kappa shape index (κ1) is 22.0. The van der Waals surface area contributed by atoms with Crippen LogP contribution in [0.2, 0.25) is 0 Å². The first-order valence-electron chi connectivity index (χ1n) is 6.13. The molecule has 0 fully saturated rings. The van der Waals surface area contributed by atoms with Crippen molar-refractivity contribution >= 4 is 22.7 Å². The molecule has 0 aromatic heterocycles. The number of hydrogen-bond acceptors (Lipinski definition) is 6. The molecule has 0 radical (unpaired) electrons. The summed E-state index contributed by atoms with van der Waals surface area (Å²) in [6.07, 6.45) is -5.04. The first-order chi connectivity index (χ1) is 10.1. The number of nitrogens with zero attached hydrogens (tertiary/aromatic N) is 3. The molecule has 122 valence electrons. The molecule has 0 heterocycles. The number of nitro benzene ring substituents is 2. The predicted octanol–water partition coefficient (Wildman–Crippen LogP) is -0.0458. The van der Waals surface area contributed by atoms with E-state index in [4.69, 9.17) is 5.73 Å². The smallest absolute Gasteiger partial charge is 0.393 e. The first-order valence-corrected chi connectivity index (χ1v) is 6.13. The van der Waals surface area contributed by atoms with Gasteiger partial charge in [0.25, 0.3) is 5.69 Å². The number of alkyl halides is 3. The summed E-state index contributed by atoms with van der Waals surface area (Å²) in [6, 6.07) is 0.232. The van der Waals surface area contributed by atoms with E-state index >= 15 is 0 Å². The Balaban J connectivity index is 0.00000484. The zero-order valence-electron chi connectivity index (χ0n) is 12.7. The number of halogens is 3. The van der Waals surface area contributed by atoms with Crippen LogP contribution in [0.3, 0.4) is 0 Å². The molecule has 1 rings (SSSR count). The van der Waals surface area contributed by atoms with Gasteiger partial charge in [-0.15, -0.1) is 0 Å². The van der Waals surface area contributed by atoms with Gasteiger partial charge in [0.05, 0.1) is 15.4 Å². The van der Waals surface area contributed by atoms with Crippen LogP contribution in [-0.2, 0) is 6.18 Å². The summed E-state index contributed by atoms with van der Waals surface area (Å²) >= 11 is 0. The van der Waals surface area contributed by atoms with Crippen molar-refractivity contribution in [1.82, 2.24) is 0 Å². The summed E-state index contributed by atoms with van der Waals surface area (Å²) in [4.78, 5) is 21.2. The van der Waals surface area contributed by atoms with Crippen molar-refractivity contribution in [2.24, 2.45) is 0 Å². The summed E-state index contributed by atoms with van der Waals surface area (Å²) in [5, 5.41) is 22.2. The van der Waals surface area contributed by atoms with Crippen LogP contribution in [0.1, 0.15) is 19.4 Å². The molecule has 0 unspecified atom stereocenters. The van der Waals surface area contributed by atoms with Gasteiger partial charge >= 0.3 is 63.2 Å². The van der Waals surface area contributed by atoms with E-state index in [-0.39, 0.29) is 70.5 Å². The van der Waals surface area contributed by atoms with Crippen LogP contribution in [0, 0.1) is 20.2 Å². The average Bonchev–Trinajstić information content (AvgIpc) is 2.37. The Kier molecular flexibility index (Phi) is 7.89. The quantitative estimate of drug-likeness (QED) is 0.340. The maximum absolute atomic E-state index is 12.9. The van der Waals surface area contributed by atoms with Gasteiger partial charge in [-0.25, -0.2) is 0 Å². The fourth-order valence-electron chi connectivity index (χ4n) is 2.07. The Morgan fingerprint density at radius 3 is 1.96 bits per heavy atom. The molecule has 2 N–H and O–H groups in total. The van der Waals surface area contributed by atoms with Crippen molar-refractivity contribution in [2.45, 2.75) is 20.0 Å². The van der Waals surface area contributed by atoms with E-state index < -0.39 is 44.3 Å². The van der Waals surface area contributed by atoms with Gasteiger partial charge in [0.2, 0.25) is 0 Å². The minimum Gasteiger partial charge on any atom is -0.393 e. The van der Waals surface area contributed by atoms with Gasteiger partial charge in [-0.1, -0.05) is 0 Å². The molecule has 23 heavy (non-hydrogen) atoms. The number of benzene rings is 1. The van der Waals surface area contributed by atoms with Gasteiger partial charge in [-0.05, 0) is 13.8 Å². The van der Waals surface area contributed by atoms with Gasteiger partial charge in [0.1, 0.15) is 5.69 Å². The second kappa shape index (κ2) is 8.24. The predicted molar refractivity (Wildman–Crippen MR) is 72.7 cm³/mol. The van der Waals surface area contributed by atoms with Crippen molar-refractivity contribution in [1.29, 1.82) is 0 Å². The van der Waals surface area contributed by atoms with Gasteiger partial charge in [-0.2, -0.15) is 13.2 Å². The molecule has 0 amide bonds. The van der Waals surface area contributed by atoms with Gasteiger partial charge in [-0.3, -0.25) is 20.2 Å². The molecular weight excluding hydrogens is 348 g/mol. The molecule has 1 aromatic rings. The van der Waals surface area contributed by atoms with Crippen LogP contribution in [-0.4, -0.2) is 22.9 Å². The summed E-state index contributed by atoms with van der Waals surface area (Å²) < 4.78 is 38.7. The molecule has 8 nitrogen and oxygen atoms in total. The van der Waals surface area contributed by atoms with E-state index in [0.29, 0.717) is 0 Å². The third-order valence-corrected chi connectivity index (χ3v) is 3.06. The van der Waals surface area contributed by atoms with Gasteiger partial charge in [0, 0.05) is 19.2 Å². The average molecular weight is 361 g/mol. The molecule has 0 aliphatic rings. The Morgan fingerprint density at radius 2 is 1.65 bits per heavy atom. The van der Waals surface area contributed by atoms with Crippen LogP contribution in [0.25, 0.3) is 0 Å². The standard InChI is InChI=1S/C11H13F3N4O4.K/c1-3-16(4-2)9-7(17(19)20)5-6(11(12,13)14)8(15)10(9)18(21)22;/h5H,3-4,15H2,1-2H3;/q;+1. The van der Waals surface area contributed by atoms with Crippen molar-refractivity contribution in [3.63, 3.8) is 0 Å². The molecule has 0 bridgehead atoms. The number of nitro groups is 2. The van der Waals surface area contributed by atoms with E-state index in [9.17, 15) is 33.4 Å². The molecule has 0 saturated carbocycles. The molecule has 0 aliphatic heterocycles. The van der Waals surface area contributed by atoms with E-state index in [1.807, 2.05) is 0 Å². The molecular formula is C11H13F3KN4O4+. The second-order valence-electron chi connectivity index (χ2n) is 4.24. The van der Waals surface area contributed by atoms with E-state index in [1.165, 1.54) is 4.90 Å². The molecule has 0 spiro atoms. The monoisotopic (exact) mass is 361 g/mol. The zero-order chi connectivity index (χ0) is 17.2. The molecule has 0 aliphatic carbocycles. The van der Waals surface area contributed by atoms with E-state index in [1.54, 1.807) is 13.8 Å². The minimum atomic E-state index is -5.04. The maximum Gasteiger partial charge on any atom is 1.00 e. The van der Waals surface area contributed by atoms with Crippen molar-refractivity contribution in [3.8, 4) is 0 Å². The number of nitrogens with two attached hydrogens (primary N) is 1. The molecule has 1 aromatic carbocycles. The van der Waals surface area contributed by atoms with Crippen LogP contribution in [0.5, 0.6) is 0 Å². The number of hydrogen-bond donors (Lipinski definition) is 1. The fraction of sp³-hybridized carbons (Fsp3) is 0.455. The molecule has 0 atom stereocenters. The Hall–Kier alpha value is -0.954. The number of anilines is 2.